The Kier molecular flexibility index (Phi) is 4.74. The predicted molar refractivity (Wildman–Crippen MR) is 90.0 cm³/mol. The molecule has 3 rings (SSSR count). The zero-order valence-electron chi connectivity index (χ0n) is 14.0. The fraction of sp³-hybridized carbons (Fsp3) is 0.647. The summed E-state index contributed by atoms with van der Waals surface area (Å²) >= 11 is 0. The van der Waals surface area contributed by atoms with Gasteiger partial charge in [0.05, 0.1) is 0 Å². The van der Waals surface area contributed by atoms with E-state index >= 15 is 0 Å². The fourth-order valence-electron chi connectivity index (χ4n) is 3.07. The molecule has 3 heterocycles. The highest BCUT2D eigenvalue weighted by Crippen LogP contribution is 2.16. The third-order valence-corrected chi connectivity index (χ3v) is 4.41. The zero-order valence-corrected chi connectivity index (χ0v) is 14.0. The molecule has 2 aromatic heterocycles. The summed E-state index contributed by atoms with van der Waals surface area (Å²) in [5.41, 5.74) is 2.06. The Morgan fingerprint density at radius 2 is 1.91 bits per heavy atom. The van der Waals surface area contributed by atoms with Crippen molar-refractivity contribution in [2.45, 2.75) is 26.8 Å². The lowest BCUT2D eigenvalue weighted by atomic mass is 10.1. The predicted octanol–water partition coefficient (Wildman–Crippen LogP) is 1.88. The molecule has 2 aromatic rings. The molecule has 120 valence electrons. The summed E-state index contributed by atoms with van der Waals surface area (Å²) in [5, 5.41) is 0. The first-order valence-electron chi connectivity index (χ1n) is 8.34. The van der Waals surface area contributed by atoms with Crippen molar-refractivity contribution in [2.24, 2.45) is 5.92 Å². The van der Waals surface area contributed by atoms with E-state index in [0.717, 1.165) is 43.8 Å². The Labute approximate surface area is 132 Å². The van der Waals surface area contributed by atoms with Gasteiger partial charge in [0.15, 0.2) is 5.65 Å². The number of imidazole rings is 1. The number of likely N-dealkylation sites (N-methyl/N-ethyl adjacent to an activating group) is 1. The third kappa shape index (κ3) is 3.47. The maximum absolute atomic E-state index is 4.80. The number of nitrogens with zero attached hydrogens (tertiary/aromatic N) is 5. The van der Waals surface area contributed by atoms with Crippen LogP contribution in [0.2, 0.25) is 0 Å². The minimum atomic E-state index is 0.610. The second kappa shape index (κ2) is 6.75. The van der Waals surface area contributed by atoms with E-state index in [0.29, 0.717) is 5.92 Å². The van der Waals surface area contributed by atoms with Gasteiger partial charge in [-0.15, -0.1) is 0 Å². The van der Waals surface area contributed by atoms with Crippen LogP contribution in [0.1, 0.15) is 19.7 Å². The van der Waals surface area contributed by atoms with E-state index in [1.165, 1.54) is 18.9 Å². The number of piperazine rings is 1. The van der Waals surface area contributed by atoms with Crippen LogP contribution in [0.15, 0.2) is 18.3 Å². The molecule has 0 atom stereocenters. The van der Waals surface area contributed by atoms with E-state index in [-0.39, 0.29) is 0 Å². The lowest BCUT2D eigenvalue weighted by Crippen LogP contribution is -2.45. The number of hydrogen-bond acceptors (Lipinski definition) is 4. The molecule has 5 nitrogen and oxygen atoms in total. The summed E-state index contributed by atoms with van der Waals surface area (Å²) < 4.78 is 2.33. The van der Waals surface area contributed by atoms with Gasteiger partial charge in [-0.3, -0.25) is 4.90 Å². The van der Waals surface area contributed by atoms with E-state index in [9.17, 15) is 0 Å². The molecule has 5 heteroatoms. The molecule has 0 radical (unpaired) electrons. The quantitative estimate of drug-likeness (QED) is 0.845. The lowest BCUT2D eigenvalue weighted by molar-refractivity contribution is 0.150. The average Bonchev–Trinajstić information content (AvgIpc) is 2.83. The normalized spacial score (nSPS) is 17.6. The maximum atomic E-state index is 4.80. The first-order chi connectivity index (χ1) is 10.6. The van der Waals surface area contributed by atoms with E-state index in [4.69, 9.17) is 4.98 Å². The van der Waals surface area contributed by atoms with Crippen LogP contribution in [0, 0.1) is 5.92 Å². The number of pyridine rings is 1. The molecule has 0 aromatic carbocycles. The second-order valence-corrected chi connectivity index (χ2v) is 6.77. The van der Waals surface area contributed by atoms with E-state index < -0.39 is 0 Å². The van der Waals surface area contributed by atoms with E-state index in [1.807, 2.05) is 12.3 Å². The summed E-state index contributed by atoms with van der Waals surface area (Å²) in [6, 6.07) is 4.04. The van der Waals surface area contributed by atoms with Crippen LogP contribution in [0.25, 0.3) is 11.2 Å². The summed E-state index contributed by atoms with van der Waals surface area (Å²) in [5.74, 6) is 1.79. The Hall–Kier alpha value is -1.46. The van der Waals surface area contributed by atoms with Gasteiger partial charge < -0.3 is 9.47 Å². The molecular formula is C17H27N5. The van der Waals surface area contributed by atoms with Crippen LogP contribution in [0.5, 0.6) is 0 Å². The Morgan fingerprint density at radius 3 is 2.64 bits per heavy atom. The molecule has 1 saturated heterocycles. The monoisotopic (exact) mass is 301 g/mol. The van der Waals surface area contributed by atoms with Crippen LogP contribution < -0.4 is 0 Å². The highest BCUT2D eigenvalue weighted by molar-refractivity contribution is 5.71. The van der Waals surface area contributed by atoms with Crippen LogP contribution in [0.3, 0.4) is 0 Å². The molecule has 0 unspecified atom stereocenters. The van der Waals surface area contributed by atoms with Crippen molar-refractivity contribution in [3.63, 3.8) is 0 Å². The molecule has 1 aliphatic rings. The van der Waals surface area contributed by atoms with Gasteiger partial charge in [0, 0.05) is 51.9 Å². The second-order valence-electron chi connectivity index (χ2n) is 6.77. The van der Waals surface area contributed by atoms with Crippen molar-refractivity contribution in [3.05, 3.63) is 24.2 Å². The minimum absolute atomic E-state index is 0.610. The molecule has 1 fully saturated rings. The smallest absolute Gasteiger partial charge is 0.160 e. The third-order valence-electron chi connectivity index (χ3n) is 4.41. The average molecular weight is 301 g/mol. The van der Waals surface area contributed by atoms with Gasteiger partial charge in [-0.05, 0) is 25.1 Å². The molecule has 0 amide bonds. The summed E-state index contributed by atoms with van der Waals surface area (Å²) in [7, 11) is 2.20. The van der Waals surface area contributed by atoms with Gasteiger partial charge in [-0.2, -0.15) is 0 Å². The van der Waals surface area contributed by atoms with Crippen molar-refractivity contribution < 1.29 is 0 Å². The number of aromatic nitrogens is 3. The highest BCUT2D eigenvalue weighted by atomic mass is 15.3. The van der Waals surface area contributed by atoms with Crippen LogP contribution >= 0.6 is 0 Å². The molecule has 0 spiro atoms. The van der Waals surface area contributed by atoms with Crippen molar-refractivity contribution in [3.8, 4) is 0 Å². The van der Waals surface area contributed by atoms with Gasteiger partial charge in [0.1, 0.15) is 11.3 Å². The summed E-state index contributed by atoms with van der Waals surface area (Å²) in [6.07, 6.45) is 2.88. The van der Waals surface area contributed by atoms with Crippen molar-refractivity contribution in [1.82, 2.24) is 24.3 Å². The minimum Gasteiger partial charge on any atom is -0.311 e. The van der Waals surface area contributed by atoms with Gasteiger partial charge >= 0.3 is 0 Å². The first-order valence-corrected chi connectivity index (χ1v) is 8.34. The molecule has 22 heavy (non-hydrogen) atoms. The highest BCUT2D eigenvalue weighted by Gasteiger charge is 2.16. The maximum Gasteiger partial charge on any atom is 0.160 e. The van der Waals surface area contributed by atoms with Gasteiger partial charge in [0.25, 0.3) is 0 Å². The number of rotatable bonds is 5. The van der Waals surface area contributed by atoms with Gasteiger partial charge in [-0.1, -0.05) is 13.8 Å². The van der Waals surface area contributed by atoms with Crippen LogP contribution in [-0.2, 0) is 13.0 Å². The summed E-state index contributed by atoms with van der Waals surface area (Å²) in [6.45, 7) is 11.2. The largest absolute Gasteiger partial charge is 0.311 e. The van der Waals surface area contributed by atoms with E-state index in [1.54, 1.807) is 0 Å². The number of hydrogen-bond donors (Lipinski definition) is 0. The van der Waals surface area contributed by atoms with E-state index in [2.05, 4.69) is 46.3 Å². The van der Waals surface area contributed by atoms with Crippen molar-refractivity contribution >= 4 is 11.2 Å². The molecular weight excluding hydrogens is 274 g/mol. The standard InChI is InChI=1S/C17H27N5/c1-14(2)13-16-19-15-5-4-6-18-17(15)22(16)12-11-21-9-7-20(3)8-10-21/h4-6,14H,7-13H2,1-3H3. The van der Waals surface area contributed by atoms with Gasteiger partial charge in [0.2, 0.25) is 0 Å². The first kappa shape index (κ1) is 15.4. The Bertz CT molecular complexity index is 611. The molecule has 0 bridgehead atoms. The van der Waals surface area contributed by atoms with Crippen molar-refractivity contribution in [1.29, 1.82) is 0 Å². The Morgan fingerprint density at radius 1 is 1.14 bits per heavy atom. The van der Waals surface area contributed by atoms with Crippen molar-refractivity contribution in [2.75, 3.05) is 39.8 Å². The SMILES string of the molecule is CC(C)Cc1nc2cccnc2n1CCN1CCN(C)CC1. The Balaban J connectivity index is 1.76. The topological polar surface area (TPSA) is 37.2 Å². The van der Waals surface area contributed by atoms with Crippen LogP contribution in [0.4, 0.5) is 0 Å². The van der Waals surface area contributed by atoms with Gasteiger partial charge in [-0.25, -0.2) is 9.97 Å². The zero-order chi connectivity index (χ0) is 15.5. The van der Waals surface area contributed by atoms with Crippen LogP contribution in [-0.4, -0.2) is 64.1 Å². The molecule has 1 aliphatic heterocycles. The lowest BCUT2D eigenvalue weighted by Gasteiger charge is -2.32. The number of fused-ring (bicyclic) bond motifs is 1. The molecule has 0 aliphatic carbocycles. The molecule has 0 N–H and O–H groups in total. The fourth-order valence-corrected chi connectivity index (χ4v) is 3.07. The molecule has 0 saturated carbocycles. The summed E-state index contributed by atoms with van der Waals surface area (Å²) in [4.78, 5) is 14.3.